The zero-order valence-electron chi connectivity index (χ0n) is 18.4. The summed E-state index contributed by atoms with van der Waals surface area (Å²) < 4.78 is 27.2. The first-order chi connectivity index (χ1) is 14.6. The molecule has 1 atom stereocenters. The summed E-state index contributed by atoms with van der Waals surface area (Å²) in [5.41, 5.74) is 3.68. The molecule has 31 heavy (non-hydrogen) atoms. The lowest BCUT2D eigenvalue weighted by atomic mass is 10.00. The third kappa shape index (κ3) is 5.14. The van der Waals surface area contributed by atoms with E-state index in [9.17, 15) is 18.0 Å². The first-order valence-electron chi connectivity index (χ1n) is 10.3. The van der Waals surface area contributed by atoms with Crippen LogP contribution in [0.1, 0.15) is 46.9 Å². The Morgan fingerprint density at radius 1 is 0.968 bits per heavy atom. The standard InChI is InChI=1S/C23H29N3O4S/c1-16-5-6-17(2)22(15-16)18(3)24-23(28)20-7-9-21(10-8-20)31(29,30)26-13-11-25(12-14-26)19(4)27/h5-10,15,18H,11-14H2,1-4H3,(H,24,28)/t18-/m1/s1. The summed E-state index contributed by atoms with van der Waals surface area (Å²) in [6.07, 6.45) is 0. The number of carbonyl (C=O) groups is 2. The van der Waals surface area contributed by atoms with E-state index in [0.29, 0.717) is 18.7 Å². The molecule has 0 radical (unpaired) electrons. The number of nitrogens with one attached hydrogen (secondary N) is 1. The van der Waals surface area contributed by atoms with E-state index in [1.54, 1.807) is 4.90 Å². The molecule has 1 saturated heterocycles. The number of nitrogens with zero attached hydrogens (tertiary/aromatic N) is 2. The summed E-state index contributed by atoms with van der Waals surface area (Å²) in [5, 5.41) is 2.98. The van der Waals surface area contributed by atoms with E-state index >= 15 is 0 Å². The van der Waals surface area contributed by atoms with Crippen molar-refractivity contribution in [1.82, 2.24) is 14.5 Å². The van der Waals surface area contributed by atoms with E-state index in [1.807, 2.05) is 32.9 Å². The molecular weight excluding hydrogens is 414 g/mol. The number of sulfonamides is 1. The Morgan fingerprint density at radius 3 is 2.16 bits per heavy atom. The zero-order chi connectivity index (χ0) is 22.8. The molecule has 2 aromatic carbocycles. The quantitative estimate of drug-likeness (QED) is 0.770. The number of benzene rings is 2. The lowest BCUT2D eigenvalue weighted by Gasteiger charge is -2.33. The van der Waals surface area contributed by atoms with Gasteiger partial charge in [0.05, 0.1) is 10.9 Å². The molecule has 1 fully saturated rings. The number of aryl methyl sites for hydroxylation is 2. The van der Waals surface area contributed by atoms with Gasteiger partial charge >= 0.3 is 0 Å². The number of carbonyl (C=O) groups excluding carboxylic acids is 2. The Hall–Kier alpha value is -2.71. The van der Waals surface area contributed by atoms with E-state index in [4.69, 9.17) is 0 Å². The molecule has 0 saturated carbocycles. The van der Waals surface area contributed by atoms with Gasteiger partial charge in [-0.2, -0.15) is 4.31 Å². The van der Waals surface area contributed by atoms with Crippen molar-refractivity contribution in [3.63, 3.8) is 0 Å². The lowest BCUT2D eigenvalue weighted by Crippen LogP contribution is -2.49. The second-order valence-corrected chi connectivity index (χ2v) is 9.93. The van der Waals surface area contributed by atoms with Crippen molar-refractivity contribution in [2.24, 2.45) is 0 Å². The fraction of sp³-hybridized carbons (Fsp3) is 0.391. The van der Waals surface area contributed by atoms with Crippen LogP contribution >= 0.6 is 0 Å². The van der Waals surface area contributed by atoms with Crippen LogP contribution in [0.2, 0.25) is 0 Å². The summed E-state index contributed by atoms with van der Waals surface area (Å²) in [5.74, 6) is -0.310. The van der Waals surface area contributed by atoms with Crippen molar-refractivity contribution < 1.29 is 18.0 Å². The van der Waals surface area contributed by atoms with Gasteiger partial charge in [0, 0.05) is 38.7 Å². The van der Waals surface area contributed by atoms with Crippen LogP contribution in [0.4, 0.5) is 0 Å². The molecule has 2 amide bonds. The number of hydrogen-bond acceptors (Lipinski definition) is 4. The monoisotopic (exact) mass is 443 g/mol. The number of hydrogen-bond donors (Lipinski definition) is 1. The van der Waals surface area contributed by atoms with Crippen molar-refractivity contribution in [1.29, 1.82) is 0 Å². The highest BCUT2D eigenvalue weighted by Crippen LogP contribution is 2.21. The summed E-state index contributed by atoms with van der Waals surface area (Å²) in [4.78, 5) is 25.9. The Kier molecular flexibility index (Phi) is 6.81. The van der Waals surface area contributed by atoms with Gasteiger partial charge in [0.15, 0.2) is 0 Å². The van der Waals surface area contributed by atoms with E-state index in [-0.39, 0.29) is 35.8 Å². The summed E-state index contributed by atoms with van der Waals surface area (Å²) in [6.45, 7) is 8.71. The predicted octanol–water partition coefficient (Wildman–Crippen LogP) is 2.65. The van der Waals surface area contributed by atoms with Gasteiger partial charge in [-0.1, -0.05) is 23.8 Å². The second-order valence-electron chi connectivity index (χ2n) is 7.99. The van der Waals surface area contributed by atoms with Crippen molar-refractivity contribution in [3.05, 3.63) is 64.7 Å². The fourth-order valence-electron chi connectivity index (χ4n) is 3.75. The Bertz CT molecular complexity index is 1070. The molecule has 0 aliphatic carbocycles. The van der Waals surface area contributed by atoms with Crippen LogP contribution in [0.3, 0.4) is 0 Å². The average molecular weight is 444 g/mol. The average Bonchev–Trinajstić information content (AvgIpc) is 2.75. The molecule has 3 rings (SSSR count). The van der Waals surface area contributed by atoms with Crippen LogP contribution in [0.25, 0.3) is 0 Å². The zero-order valence-corrected chi connectivity index (χ0v) is 19.2. The molecular formula is C23H29N3O4S. The fourth-order valence-corrected chi connectivity index (χ4v) is 5.18. The summed E-state index contributed by atoms with van der Waals surface area (Å²) in [6, 6.07) is 11.9. The third-order valence-corrected chi connectivity index (χ3v) is 7.60. The normalized spacial score (nSPS) is 16.1. The summed E-state index contributed by atoms with van der Waals surface area (Å²) in [7, 11) is -3.67. The highest BCUT2D eigenvalue weighted by molar-refractivity contribution is 7.89. The maximum atomic E-state index is 12.9. The van der Waals surface area contributed by atoms with Gasteiger partial charge in [-0.3, -0.25) is 9.59 Å². The third-order valence-electron chi connectivity index (χ3n) is 5.69. The molecule has 1 N–H and O–H groups in total. The van der Waals surface area contributed by atoms with Crippen LogP contribution in [-0.2, 0) is 14.8 Å². The molecule has 1 heterocycles. The molecule has 2 aromatic rings. The molecule has 0 unspecified atom stereocenters. The minimum absolute atomic E-state index is 0.0532. The Balaban J connectivity index is 1.68. The van der Waals surface area contributed by atoms with Crippen LogP contribution in [0.5, 0.6) is 0 Å². The van der Waals surface area contributed by atoms with Crippen LogP contribution in [0, 0.1) is 13.8 Å². The molecule has 0 spiro atoms. The highest BCUT2D eigenvalue weighted by Gasteiger charge is 2.29. The van der Waals surface area contributed by atoms with E-state index < -0.39 is 10.0 Å². The topological polar surface area (TPSA) is 86.8 Å². The van der Waals surface area contributed by atoms with Gasteiger partial charge in [-0.15, -0.1) is 0 Å². The summed E-state index contributed by atoms with van der Waals surface area (Å²) >= 11 is 0. The van der Waals surface area contributed by atoms with Crippen LogP contribution in [0.15, 0.2) is 47.4 Å². The highest BCUT2D eigenvalue weighted by atomic mass is 32.2. The van der Waals surface area contributed by atoms with Gasteiger partial charge in [0.2, 0.25) is 15.9 Å². The molecule has 8 heteroatoms. The number of rotatable bonds is 5. The molecule has 1 aliphatic rings. The van der Waals surface area contributed by atoms with E-state index in [2.05, 4.69) is 11.4 Å². The van der Waals surface area contributed by atoms with Crippen LogP contribution in [-0.4, -0.2) is 55.6 Å². The van der Waals surface area contributed by atoms with Crippen molar-refractivity contribution >= 4 is 21.8 Å². The number of piperazine rings is 1. The SMILES string of the molecule is CC(=O)N1CCN(S(=O)(=O)c2ccc(C(=O)N[C@H](C)c3cc(C)ccc3C)cc2)CC1. The Labute approximate surface area is 184 Å². The first-order valence-corrected chi connectivity index (χ1v) is 11.8. The maximum Gasteiger partial charge on any atom is 0.251 e. The number of amides is 2. The minimum atomic E-state index is -3.67. The largest absolute Gasteiger partial charge is 0.346 e. The van der Waals surface area contributed by atoms with Crippen LogP contribution < -0.4 is 5.32 Å². The predicted molar refractivity (Wildman–Crippen MR) is 119 cm³/mol. The van der Waals surface area contributed by atoms with Gasteiger partial charge in [0.25, 0.3) is 5.91 Å². The van der Waals surface area contributed by atoms with Gasteiger partial charge < -0.3 is 10.2 Å². The van der Waals surface area contributed by atoms with Gasteiger partial charge in [0.1, 0.15) is 0 Å². The molecule has 0 aromatic heterocycles. The van der Waals surface area contributed by atoms with Gasteiger partial charge in [-0.05, 0) is 56.2 Å². The lowest BCUT2D eigenvalue weighted by molar-refractivity contribution is -0.129. The second kappa shape index (κ2) is 9.20. The molecule has 0 bridgehead atoms. The van der Waals surface area contributed by atoms with Crippen molar-refractivity contribution in [3.8, 4) is 0 Å². The molecule has 7 nitrogen and oxygen atoms in total. The molecule has 1 aliphatic heterocycles. The molecule has 166 valence electrons. The maximum absolute atomic E-state index is 12.9. The Morgan fingerprint density at radius 2 is 1.58 bits per heavy atom. The minimum Gasteiger partial charge on any atom is -0.346 e. The smallest absolute Gasteiger partial charge is 0.251 e. The van der Waals surface area contributed by atoms with Crippen molar-refractivity contribution in [2.45, 2.75) is 38.6 Å². The van der Waals surface area contributed by atoms with Gasteiger partial charge in [-0.25, -0.2) is 8.42 Å². The van der Waals surface area contributed by atoms with E-state index in [0.717, 1.165) is 16.7 Å². The van der Waals surface area contributed by atoms with Crippen molar-refractivity contribution in [2.75, 3.05) is 26.2 Å². The van der Waals surface area contributed by atoms with E-state index in [1.165, 1.54) is 35.5 Å². The first kappa shape index (κ1) is 23.0.